The third-order valence-corrected chi connectivity index (χ3v) is 5.95. The fraction of sp³-hybridized carbons (Fsp3) is 0.333. The Morgan fingerprint density at radius 3 is 2.42 bits per heavy atom. The van der Waals surface area contributed by atoms with Crippen LogP contribution in [0.1, 0.15) is 35.7 Å². The number of carbonyl (C=O) groups excluding carboxylic acids is 2. The smallest absolute Gasteiger partial charge is 0.409 e. The first-order valence-electron chi connectivity index (χ1n) is 11.2. The van der Waals surface area contributed by atoms with Crippen molar-refractivity contribution in [3.05, 3.63) is 79.9 Å². The maximum Gasteiger partial charge on any atom is 0.409 e. The molecule has 0 aliphatic carbocycles. The van der Waals surface area contributed by atoms with Gasteiger partial charge in [0.15, 0.2) is 0 Å². The van der Waals surface area contributed by atoms with E-state index in [0.717, 1.165) is 12.1 Å². The number of piperidine rings is 1. The highest BCUT2D eigenvalue weighted by Gasteiger charge is 2.26. The summed E-state index contributed by atoms with van der Waals surface area (Å²) in [7, 11) is 0. The fourth-order valence-electron chi connectivity index (χ4n) is 4.13. The van der Waals surface area contributed by atoms with Crippen molar-refractivity contribution in [1.82, 2.24) is 19.8 Å². The number of likely N-dealkylation sites (tertiary alicyclic amines) is 1. The van der Waals surface area contributed by atoms with Crippen LogP contribution in [0.15, 0.2) is 46.1 Å². The molecule has 0 unspecified atom stereocenters. The lowest BCUT2D eigenvalue weighted by atomic mass is 10.0. The van der Waals surface area contributed by atoms with Crippen molar-refractivity contribution < 1.29 is 28.6 Å². The second-order valence-corrected chi connectivity index (χ2v) is 8.22. The standard InChI is InChI=1S/C24H24F2N4O5.H2O/c1-2-35-24(34)29-10-8-14(9-11-29)27-23(33)16-13-30(12-15-17(25)4-3-5-18(15)26)19-6-7-20(31)28-21(19)22(16)32;/h3-7,13-14H,2,8-12H2,1H3,(H,27,33)(H,28,31);1H2. The number of hydrogen-bond acceptors (Lipinski definition) is 5. The number of aromatic amines is 1. The number of benzene rings is 1. The molecule has 1 saturated heterocycles. The lowest BCUT2D eigenvalue weighted by Gasteiger charge is -2.31. The predicted molar refractivity (Wildman–Crippen MR) is 127 cm³/mol. The van der Waals surface area contributed by atoms with Crippen molar-refractivity contribution in [3.8, 4) is 0 Å². The minimum absolute atomic E-state index is 0. The summed E-state index contributed by atoms with van der Waals surface area (Å²) >= 11 is 0. The fourth-order valence-corrected chi connectivity index (χ4v) is 4.13. The first-order valence-corrected chi connectivity index (χ1v) is 11.2. The van der Waals surface area contributed by atoms with Gasteiger partial charge in [-0.05, 0) is 38.0 Å². The van der Waals surface area contributed by atoms with Gasteiger partial charge in [0.1, 0.15) is 22.7 Å². The van der Waals surface area contributed by atoms with Gasteiger partial charge in [0.25, 0.3) is 5.91 Å². The molecule has 0 saturated carbocycles. The molecule has 1 aliphatic heterocycles. The van der Waals surface area contributed by atoms with E-state index in [0.29, 0.717) is 25.9 Å². The number of pyridine rings is 2. The Bertz CT molecular complexity index is 1380. The Hall–Kier alpha value is -4.06. The summed E-state index contributed by atoms with van der Waals surface area (Å²) in [4.78, 5) is 53.8. The van der Waals surface area contributed by atoms with Crippen LogP contribution in [0.3, 0.4) is 0 Å². The molecule has 3 aromatic rings. The summed E-state index contributed by atoms with van der Waals surface area (Å²) in [5.41, 5.74) is -1.70. The van der Waals surface area contributed by atoms with E-state index in [-0.39, 0.29) is 46.8 Å². The zero-order valence-corrected chi connectivity index (χ0v) is 19.5. The maximum atomic E-state index is 14.3. The molecular formula is C24H26F2N4O6. The Morgan fingerprint density at radius 1 is 1.11 bits per heavy atom. The van der Waals surface area contributed by atoms with Crippen LogP contribution in [0.25, 0.3) is 11.0 Å². The molecule has 1 aliphatic rings. The number of nitrogens with zero attached hydrogens (tertiary/aromatic N) is 2. The third-order valence-electron chi connectivity index (χ3n) is 5.95. The van der Waals surface area contributed by atoms with E-state index in [1.54, 1.807) is 11.8 Å². The number of amides is 2. The topological polar surface area (TPSA) is 145 Å². The van der Waals surface area contributed by atoms with Crippen molar-refractivity contribution in [3.63, 3.8) is 0 Å². The monoisotopic (exact) mass is 504 g/mol. The summed E-state index contributed by atoms with van der Waals surface area (Å²) < 4.78 is 34.9. The molecule has 0 spiro atoms. The molecule has 12 heteroatoms. The molecule has 1 fully saturated rings. The number of carbonyl (C=O) groups is 2. The molecule has 192 valence electrons. The molecule has 2 aromatic heterocycles. The molecule has 4 N–H and O–H groups in total. The van der Waals surface area contributed by atoms with Gasteiger partial charge in [-0.25, -0.2) is 13.6 Å². The van der Waals surface area contributed by atoms with Gasteiger partial charge in [-0.1, -0.05) is 6.07 Å². The first kappa shape index (κ1) is 26.5. The SMILES string of the molecule is CCOC(=O)N1CCC(NC(=O)c2cn(Cc3c(F)cccc3F)c3ccc(=O)[nH]c3c2=O)CC1.O. The van der Waals surface area contributed by atoms with E-state index < -0.39 is 34.6 Å². The van der Waals surface area contributed by atoms with Crippen molar-refractivity contribution >= 4 is 23.0 Å². The molecular weight excluding hydrogens is 478 g/mol. The summed E-state index contributed by atoms with van der Waals surface area (Å²) in [6.07, 6.45) is 1.74. The van der Waals surface area contributed by atoms with Crippen molar-refractivity contribution in [2.45, 2.75) is 32.4 Å². The number of halogens is 2. The predicted octanol–water partition coefficient (Wildman–Crippen LogP) is 1.54. The Morgan fingerprint density at radius 2 is 1.78 bits per heavy atom. The third kappa shape index (κ3) is 5.43. The number of fused-ring (bicyclic) bond motifs is 1. The molecule has 4 rings (SSSR count). The molecule has 36 heavy (non-hydrogen) atoms. The summed E-state index contributed by atoms with van der Waals surface area (Å²) in [6.45, 7) is 2.44. The summed E-state index contributed by atoms with van der Waals surface area (Å²) in [6, 6.07) is 5.72. The van der Waals surface area contributed by atoms with E-state index in [1.807, 2.05) is 0 Å². The van der Waals surface area contributed by atoms with Crippen molar-refractivity contribution in [2.24, 2.45) is 0 Å². The summed E-state index contributed by atoms with van der Waals surface area (Å²) in [5.74, 6) is -2.24. The lowest BCUT2D eigenvalue weighted by Crippen LogP contribution is -2.47. The van der Waals surface area contributed by atoms with Crippen LogP contribution in [-0.2, 0) is 11.3 Å². The van der Waals surface area contributed by atoms with Gasteiger partial charge in [0.05, 0.1) is 18.7 Å². The van der Waals surface area contributed by atoms with Gasteiger partial charge < -0.3 is 30.0 Å². The molecule has 1 aromatic carbocycles. The van der Waals surface area contributed by atoms with E-state index in [9.17, 15) is 28.0 Å². The molecule has 10 nitrogen and oxygen atoms in total. The zero-order valence-electron chi connectivity index (χ0n) is 19.5. The normalized spacial score (nSPS) is 13.8. The van der Waals surface area contributed by atoms with Crippen LogP contribution in [0.4, 0.5) is 13.6 Å². The van der Waals surface area contributed by atoms with Crippen LogP contribution >= 0.6 is 0 Å². The highest BCUT2D eigenvalue weighted by Crippen LogP contribution is 2.18. The zero-order chi connectivity index (χ0) is 25.1. The van der Waals surface area contributed by atoms with Gasteiger partial charge in [0, 0.05) is 37.0 Å². The van der Waals surface area contributed by atoms with Gasteiger partial charge in [0.2, 0.25) is 11.0 Å². The van der Waals surface area contributed by atoms with Crippen LogP contribution in [0.2, 0.25) is 0 Å². The average molecular weight is 504 g/mol. The van der Waals surface area contributed by atoms with Gasteiger partial charge in [-0.15, -0.1) is 0 Å². The van der Waals surface area contributed by atoms with Crippen LogP contribution in [-0.4, -0.2) is 57.7 Å². The number of H-pyrrole nitrogens is 1. The van der Waals surface area contributed by atoms with E-state index >= 15 is 0 Å². The minimum Gasteiger partial charge on any atom is -0.450 e. The average Bonchev–Trinajstić information content (AvgIpc) is 2.83. The number of nitrogens with one attached hydrogen (secondary N) is 2. The Balaban J connectivity index is 0.00000361. The maximum absolute atomic E-state index is 14.3. The second kappa shape index (κ2) is 11.1. The van der Waals surface area contributed by atoms with Crippen molar-refractivity contribution in [1.29, 1.82) is 0 Å². The van der Waals surface area contributed by atoms with E-state index in [1.165, 1.54) is 29.0 Å². The summed E-state index contributed by atoms with van der Waals surface area (Å²) in [5, 5.41) is 2.79. The van der Waals surface area contributed by atoms with E-state index in [4.69, 9.17) is 4.74 Å². The number of hydrogen-bond donors (Lipinski definition) is 2. The first-order chi connectivity index (χ1) is 16.8. The van der Waals surface area contributed by atoms with Crippen LogP contribution < -0.4 is 16.3 Å². The number of rotatable bonds is 5. The van der Waals surface area contributed by atoms with Crippen molar-refractivity contribution in [2.75, 3.05) is 19.7 Å². The highest BCUT2D eigenvalue weighted by atomic mass is 19.1. The highest BCUT2D eigenvalue weighted by molar-refractivity contribution is 5.96. The van der Waals surface area contributed by atoms with Crippen LogP contribution in [0, 0.1) is 11.6 Å². The number of ether oxygens (including phenoxy) is 1. The Kier molecular flexibility index (Phi) is 8.20. The number of aromatic nitrogens is 2. The van der Waals surface area contributed by atoms with Gasteiger partial charge in [-0.2, -0.15) is 0 Å². The molecule has 0 radical (unpaired) electrons. The van der Waals surface area contributed by atoms with Crippen LogP contribution in [0.5, 0.6) is 0 Å². The molecule has 3 heterocycles. The molecule has 0 atom stereocenters. The largest absolute Gasteiger partial charge is 0.450 e. The van der Waals surface area contributed by atoms with Gasteiger partial charge in [-0.3, -0.25) is 14.4 Å². The molecule has 2 amide bonds. The lowest BCUT2D eigenvalue weighted by molar-refractivity contribution is 0.0859. The molecule has 0 bridgehead atoms. The quantitative estimate of drug-likeness (QED) is 0.542. The van der Waals surface area contributed by atoms with E-state index in [2.05, 4.69) is 10.3 Å². The minimum atomic E-state index is -0.777. The second-order valence-electron chi connectivity index (χ2n) is 8.22. The Labute approximate surface area is 203 Å². The van der Waals surface area contributed by atoms with Gasteiger partial charge >= 0.3 is 6.09 Å².